The number of nitrogens with two attached hydrogens (primary N) is 1. The minimum absolute atomic E-state index is 0.115. The number of hydrogen-bond donors (Lipinski definition) is 1. The summed E-state index contributed by atoms with van der Waals surface area (Å²) in [5.74, 6) is 1.95. The molecule has 1 heterocycles. The average Bonchev–Trinajstić information content (AvgIpc) is 3.25. The van der Waals surface area contributed by atoms with E-state index >= 15 is 0 Å². The normalized spacial score (nSPS) is 12.1. The minimum atomic E-state index is -0.135. The van der Waals surface area contributed by atoms with Gasteiger partial charge in [-0.25, -0.2) is 0 Å². The number of carbonyl (C=O) groups is 1. The summed E-state index contributed by atoms with van der Waals surface area (Å²) in [5, 5.41) is 0. The first-order valence-corrected chi connectivity index (χ1v) is 11.6. The van der Waals surface area contributed by atoms with Gasteiger partial charge in [-0.3, -0.25) is 4.79 Å². The van der Waals surface area contributed by atoms with E-state index in [1.165, 1.54) is 17.1 Å². The molecule has 1 atom stereocenters. The van der Waals surface area contributed by atoms with Crippen LogP contribution in [0, 0.1) is 19.8 Å². The van der Waals surface area contributed by atoms with Crippen LogP contribution in [-0.4, -0.2) is 30.4 Å². The number of aromatic nitrogens is 1. The van der Waals surface area contributed by atoms with Crippen LogP contribution in [0.3, 0.4) is 0 Å². The summed E-state index contributed by atoms with van der Waals surface area (Å²) in [7, 11) is 3.32. The fourth-order valence-corrected chi connectivity index (χ4v) is 4.45. The van der Waals surface area contributed by atoms with Crippen molar-refractivity contribution in [1.29, 1.82) is 0 Å². The van der Waals surface area contributed by atoms with Crippen molar-refractivity contribution in [3.63, 3.8) is 0 Å². The molecule has 5 nitrogen and oxygen atoms in total. The Labute approximate surface area is 194 Å². The van der Waals surface area contributed by atoms with Crippen molar-refractivity contribution in [3.8, 4) is 33.1 Å². The van der Waals surface area contributed by atoms with Gasteiger partial charge >= 0.3 is 0 Å². The first-order chi connectivity index (χ1) is 15.2. The second-order valence-corrected chi connectivity index (χ2v) is 9.34. The van der Waals surface area contributed by atoms with Crippen LogP contribution in [0.5, 0.6) is 11.5 Å². The zero-order chi connectivity index (χ0) is 23.4. The van der Waals surface area contributed by atoms with Crippen LogP contribution in [0.25, 0.3) is 21.6 Å². The summed E-state index contributed by atoms with van der Waals surface area (Å²) >= 11 is 1.45. The van der Waals surface area contributed by atoms with E-state index in [2.05, 4.69) is 30.4 Å². The Bertz CT molecular complexity index is 1100. The highest BCUT2D eigenvalue weighted by Gasteiger charge is 2.18. The maximum absolute atomic E-state index is 12.7. The molecule has 3 rings (SSSR count). The number of Topliss-reactive ketones (excluding diaryl/α,β-unsaturated/α-hetero) is 1. The summed E-state index contributed by atoms with van der Waals surface area (Å²) in [6.07, 6.45) is 2.53. The Morgan fingerprint density at radius 1 is 1.06 bits per heavy atom. The van der Waals surface area contributed by atoms with Crippen LogP contribution in [0.2, 0.25) is 0 Å². The Hall–Kier alpha value is -2.70. The van der Waals surface area contributed by atoms with Crippen LogP contribution in [-0.2, 0) is 11.2 Å². The van der Waals surface area contributed by atoms with Crippen LogP contribution < -0.4 is 15.2 Å². The van der Waals surface area contributed by atoms with Gasteiger partial charge in [-0.05, 0) is 71.8 Å². The Balaban J connectivity index is 1.97. The first kappa shape index (κ1) is 24.0. The molecule has 3 aromatic rings. The van der Waals surface area contributed by atoms with Crippen molar-refractivity contribution in [2.24, 2.45) is 11.7 Å². The van der Waals surface area contributed by atoms with Crippen molar-refractivity contribution in [1.82, 2.24) is 4.37 Å². The maximum Gasteiger partial charge on any atom is 0.138 e. The zero-order valence-corrected chi connectivity index (χ0v) is 20.5. The van der Waals surface area contributed by atoms with Gasteiger partial charge < -0.3 is 15.2 Å². The van der Waals surface area contributed by atoms with Crippen molar-refractivity contribution in [2.75, 3.05) is 14.2 Å². The van der Waals surface area contributed by atoms with Gasteiger partial charge in [0.2, 0.25) is 0 Å². The molecule has 6 heteroatoms. The van der Waals surface area contributed by atoms with E-state index in [9.17, 15) is 4.79 Å². The summed E-state index contributed by atoms with van der Waals surface area (Å²) in [6.45, 7) is 8.21. The van der Waals surface area contributed by atoms with Crippen molar-refractivity contribution >= 4 is 17.3 Å². The molecule has 0 saturated heterocycles. The molecule has 0 fully saturated rings. The van der Waals surface area contributed by atoms with E-state index in [1.54, 1.807) is 14.2 Å². The van der Waals surface area contributed by atoms with Crippen LogP contribution in [0.15, 0.2) is 36.5 Å². The largest absolute Gasteiger partial charge is 0.496 e. The number of rotatable bonds is 9. The molecule has 1 unspecified atom stereocenters. The molecule has 2 aromatic carbocycles. The Morgan fingerprint density at radius 3 is 2.44 bits per heavy atom. The van der Waals surface area contributed by atoms with Gasteiger partial charge in [0.25, 0.3) is 0 Å². The molecular formula is C26H32N2O3S. The average molecular weight is 453 g/mol. The molecule has 170 valence electrons. The molecule has 0 saturated carbocycles. The Kier molecular flexibility index (Phi) is 7.69. The molecule has 0 aliphatic carbocycles. The Morgan fingerprint density at radius 2 is 1.78 bits per heavy atom. The molecular weight excluding hydrogens is 420 g/mol. The number of aryl methyl sites for hydroxylation is 1. The van der Waals surface area contributed by atoms with E-state index in [1.807, 2.05) is 38.2 Å². The monoisotopic (exact) mass is 452 g/mol. The quantitative estimate of drug-likeness (QED) is 0.458. The van der Waals surface area contributed by atoms with Crippen LogP contribution in [0.4, 0.5) is 0 Å². The first-order valence-electron chi connectivity index (χ1n) is 10.8. The molecule has 0 aliphatic rings. The van der Waals surface area contributed by atoms with Gasteiger partial charge in [-0.2, -0.15) is 4.37 Å². The predicted molar refractivity (Wildman–Crippen MR) is 132 cm³/mol. The van der Waals surface area contributed by atoms with Gasteiger partial charge in [-0.1, -0.05) is 26.0 Å². The third-order valence-electron chi connectivity index (χ3n) is 5.97. The van der Waals surface area contributed by atoms with E-state index in [-0.39, 0.29) is 17.7 Å². The third-order valence-corrected chi connectivity index (χ3v) is 6.82. The second-order valence-electron chi connectivity index (χ2n) is 8.54. The van der Waals surface area contributed by atoms with Crippen LogP contribution in [0.1, 0.15) is 37.0 Å². The molecule has 1 aromatic heterocycles. The highest BCUT2D eigenvalue weighted by molar-refractivity contribution is 7.10. The lowest BCUT2D eigenvalue weighted by molar-refractivity contribution is -0.119. The summed E-state index contributed by atoms with van der Waals surface area (Å²) in [5.41, 5.74) is 12.4. The molecule has 0 aliphatic heterocycles. The van der Waals surface area contributed by atoms with Crippen molar-refractivity contribution < 1.29 is 14.3 Å². The lowest BCUT2D eigenvalue weighted by Gasteiger charge is -2.16. The minimum Gasteiger partial charge on any atom is -0.496 e. The summed E-state index contributed by atoms with van der Waals surface area (Å²) < 4.78 is 15.6. The van der Waals surface area contributed by atoms with Crippen molar-refractivity contribution in [2.45, 2.75) is 46.6 Å². The molecule has 2 N–H and O–H groups in total. The number of benzene rings is 2. The number of carbonyl (C=O) groups excluding carboxylic acids is 1. The fourth-order valence-electron chi connectivity index (χ4n) is 3.69. The summed E-state index contributed by atoms with van der Waals surface area (Å²) in [6, 6.07) is 10.0. The second kappa shape index (κ2) is 10.3. The highest BCUT2D eigenvalue weighted by atomic mass is 32.1. The van der Waals surface area contributed by atoms with E-state index in [4.69, 9.17) is 15.2 Å². The predicted octanol–water partition coefficient (Wildman–Crippen LogP) is 5.60. The van der Waals surface area contributed by atoms with Crippen molar-refractivity contribution in [3.05, 3.63) is 53.2 Å². The number of ketones is 1. The van der Waals surface area contributed by atoms with Crippen LogP contribution >= 0.6 is 11.5 Å². The summed E-state index contributed by atoms with van der Waals surface area (Å²) in [4.78, 5) is 13.7. The lowest BCUT2D eigenvalue weighted by atomic mass is 9.94. The smallest absolute Gasteiger partial charge is 0.138 e. The molecule has 0 bridgehead atoms. The fraction of sp³-hybridized carbons (Fsp3) is 0.385. The third kappa shape index (κ3) is 5.19. The lowest BCUT2D eigenvalue weighted by Crippen LogP contribution is -2.29. The molecule has 32 heavy (non-hydrogen) atoms. The van der Waals surface area contributed by atoms with E-state index in [0.717, 1.165) is 38.4 Å². The van der Waals surface area contributed by atoms with Gasteiger partial charge in [0, 0.05) is 36.2 Å². The molecule has 0 amide bonds. The van der Waals surface area contributed by atoms with Gasteiger partial charge in [0.1, 0.15) is 17.3 Å². The van der Waals surface area contributed by atoms with Gasteiger partial charge in [0.15, 0.2) is 0 Å². The number of hydrogen-bond acceptors (Lipinski definition) is 6. The SMILES string of the molecule is COc1ccc(-c2cnsc2-c2cc(C)c(C)c(OC)c2)cc1CC(=O)CC(N)C(C)C. The maximum atomic E-state index is 12.7. The van der Waals surface area contributed by atoms with E-state index in [0.29, 0.717) is 18.6 Å². The standard InChI is InChI=1S/C26H32N2O3S/c1-15(2)23(27)13-21(29)11-19-10-18(7-8-24(19)30-5)22-14-28-32-26(22)20-9-16(3)17(4)25(12-20)31-6/h7-10,12,14-15,23H,11,13,27H2,1-6H3. The number of methoxy groups -OCH3 is 2. The molecule has 0 spiro atoms. The topological polar surface area (TPSA) is 74.4 Å². The van der Waals surface area contributed by atoms with Gasteiger partial charge in [-0.15, -0.1) is 0 Å². The number of nitrogens with zero attached hydrogens (tertiary/aromatic N) is 1. The molecule has 0 radical (unpaired) electrons. The number of ether oxygens (including phenoxy) is 2. The van der Waals surface area contributed by atoms with E-state index < -0.39 is 0 Å². The zero-order valence-electron chi connectivity index (χ0n) is 19.7. The van der Waals surface area contributed by atoms with Gasteiger partial charge in [0.05, 0.1) is 19.1 Å². The highest BCUT2D eigenvalue weighted by Crippen LogP contribution is 2.39.